The molecule has 1 amide bonds. The molecule has 0 bridgehead atoms. The number of hydrogen-bond donors (Lipinski definition) is 2. The Morgan fingerprint density at radius 1 is 1.25 bits per heavy atom. The number of para-hydroxylation sites is 3. The van der Waals surface area contributed by atoms with Crippen LogP contribution in [0.2, 0.25) is 5.02 Å². The molecule has 0 heterocycles. The van der Waals surface area contributed by atoms with Gasteiger partial charge in [-0.05, 0) is 30.7 Å². The summed E-state index contributed by atoms with van der Waals surface area (Å²) in [5.41, 5.74) is 1.22. The van der Waals surface area contributed by atoms with E-state index in [4.69, 9.17) is 16.3 Å². The Morgan fingerprint density at radius 3 is 2.60 bits per heavy atom. The first-order valence-corrected chi connectivity index (χ1v) is 6.52. The number of benzene rings is 2. The van der Waals surface area contributed by atoms with E-state index in [-0.39, 0.29) is 11.5 Å². The number of amides is 1. The van der Waals surface area contributed by atoms with Gasteiger partial charge in [-0.2, -0.15) is 0 Å². The summed E-state index contributed by atoms with van der Waals surface area (Å²) in [6.07, 6.45) is -0.758. The maximum atomic E-state index is 12.0. The van der Waals surface area contributed by atoms with E-state index in [0.717, 1.165) is 9.87 Å². The van der Waals surface area contributed by atoms with Crippen molar-refractivity contribution < 1.29 is 14.6 Å². The first kappa shape index (κ1) is 14.6. The summed E-state index contributed by atoms with van der Waals surface area (Å²) in [6, 6.07) is 11.4. The van der Waals surface area contributed by atoms with Gasteiger partial charge in [-0.1, -0.05) is 48.7 Å². The van der Waals surface area contributed by atoms with E-state index in [0.29, 0.717) is 10.7 Å². The number of phenolic OH excluding ortho intramolecular Hbond substituents is 1. The smallest absolute Gasteiger partial charge is 0.430 e. The van der Waals surface area contributed by atoms with E-state index in [1.807, 2.05) is 0 Å². The summed E-state index contributed by atoms with van der Waals surface area (Å²) >= 11 is 10.2. The molecule has 0 aliphatic carbocycles. The number of aryl methyl sites for hydroxylation is 1. The number of aromatic hydroxyl groups is 1. The molecule has 1 N–H and O–H groups in total. The highest BCUT2D eigenvalue weighted by Gasteiger charge is 2.20. The first-order valence-electron chi connectivity index (χ1n) is 5.74. The third-order valence-corrected chi connectivity index (χ3v) is 3.30. The van der Waals surface area contributed by atoms with Gasteiger partial charge in [0.25, 0.3) is 0 Å². The van der Waals surface area contributed by atoms with Crippen LogP contribution in [0.1, 0.15) is 5.56 Å². The molecule has 2 aromatic carbocycles. The third kappa shape index (κ3) is 3.00. The third-order valence-electron chi connectivity index (χ3n) is 2.64. The van der Waals surface area contributed by atoms with Gasteiger partial charge < -0.3 is 9.84 Å². The van der Waals surface area contributed by atoms with Gasteiger partial charge >= 0.3 is 6.09 Å². The topological polar surface area (TPSA) is 49.8 Å². The van der Waals surface area contributed by atoms with Crippen molar-refractivity contribution in [3.05, 3.63) is 53.1 Å². The second-order valence-electron chi connectivity index (χ2n) is 4.05. The van der Waals surface area contributed by atoms with Crippen molar-refractivity contribution in [1.29, 1.82) is 0 Å². The van der Waals surface area contributed by atoms with Crippen LogP contribution in [0.4, 0.5) is 10.5 Å². The van der Waals surface area contributed by atoms with Gasteiger partial charge in [0.05, 0.1) is 10.7 Å². The Hall–Kier alpha value is -1.85. The Morgan fingerprint density at radius 2 is 1.95 bits per heavy atom. The second-order valence-corrected chi connectivity index (χ2v) is 4.86. The maximum Gasteiger partial charge on any atom is 0.430 e. The van der Waals surface area contributed by atoms with E-state index >= 15 is 0 Å². The van der Waals surface area contributed by atoms with E-state index < -0.39 is 6.09 Å². The Bertz CT molecular complexity index is 628. The van der Waals surface area contributed by atoms with Crippen LogP contribution >= 0.6 is 24.4 Å². The van der Waals surface area contributed by atoms with Crippen molar-refractivity contribution in [2.75, 3.05) is 4.31 Å². The summed E-state index contributed by atoms with van der Waals surface area (Å²) in [6.45, 7) is 1.80. The molecule has 2 aromatic rings. The van der Waals surface area contributed by atoms with Crippen LogP contribution in [0.3, 0.4) is 0 Å². The molecule has 0 radical (unpaired) electrons. The minimum atomic E-state index is -0.758. The lowest BCUT2D eigenvalue weighted by molar-refractivity contribution is 0.210. The van der Waals surface area contributed by atoms with Crippen molar-refractivity contribution in [1.82, 2.24) is 0 Å². The maximum absolute atomic E-state index is 12.0. The summed E-state index contributed by atoms with van der Waals surface area (Å²) < 4.78 is 6.08. The van der Waals surface area contributed by atoms with E-state index in [1.165, 1.54) is 12.1 Å². The number of hydrogen-bond acceptors (Lipinski definition) is 4. The van der Waals surface area contributed by atoms with Crippen molar-refractivity contribution in [3.8, 4) is 11.5 Å². The minimum absolute atomic E-state index is 0.0567. The van der Waals surface area contributed by atoms with Gasteiger partial charge in [0.1, 0.15) is 0 Å². The number of carbonyl (C=O) groups excluding carboxylic acids is 1. The molecular weight excluding hydrogens is 298 g/mol. The van der Waals surface area contributed by atoms with Gasteiger partial charge in [0, 0.05) is 0 Å². The van der Waals surface area contributed by atoms with Crippen molar-refractivity contribution in [2.24, 2.45) is 0 Å². The highest BCUT2D eigenvalue weighted by Crippen LogP contribution is 2.32. The van der Waals surface area contributed by atoms with Crippen molar-refractivity contribution in [2.45, 2.75) is 6.92 Å². The molecule has 0 saturated carbocycles. The molecule has 20 heavy (non-hydrogen) atoms. The second kappa shape index (κ2) is 6.07. The fourth-order valence-electron chi connectivity index (χ4n) is 1.66. The lowest BCUT2D eigenvalue weighted by Gasteiger charge is -2.19. The summed E-state index contributed by atoms with van der Waals surface area (Å²) in [5.74, 6) is -0.0697. The zero-order chi connectivity index (χ0) is 14.7. The van der Waals surface area contributed by atoms with Crippen LogP contribution in [0.15, 0.2) is 42.5 Å². The highest BCUT2D eigenvalue weighted by molar-refractivity contribution is 7.82. The zero-order valence-electron chi connectivity index (χ0n) is 10.6. The molecule has 0 fully saturated rings. The lowest BCUT2D eigenvalue weighted by atomic mass is 10.2. The predicted octanol–water partition coefficient (Wildman–Crippen LogP) is 4.20. The van der Waals surface area contributed by atoms with Crippen LogP contribution in [0.5, 0.6) is 11.5 Å². The number of phenols is 1. The van der Waals surface area contributed by atoms with Crippen LogP contribution in [-0.2, 0) is 0 Å². The zero-order valence-corrected chi connectivity index (χ0v) is 12.2. The lowest BCUT2D eigenvalue weighted by Crippen LogP contribution is -2.25. The fraction of sp³-hybridized carbons (Fsp3) is 0.0714. The first-order chi connectivity index (χ1) is 9.50. The van der Waals surface area contributed by atoms with Gasteiger partial charge in [-0.25, -0.2) is 9.10 Å². The SMILES string of the molecule is Cc1cccc(Cl)c1N(S)C(=O)Oc1ccccc1O. The number of rotatable bonds is 2. The van der Waals surface area contributed by atoms with Crippen LogP contribution < -0.4 is 9.04 Å². The Kier molecular flexibility index (Phi) is 4.42. The number of thiol groups is 1. The average molecular weight is 310 g/mol. The van der Waals surface area contributed by atoms with Gasteiger partial charge in [0.2, 0.25) is 0 Å². The molecule has 0 aliphatic rings. The van der Waals surface area contributed by atoms with Crippen LogP contribution in [0.25, 0.3) is 0 Å². The van der Waals surface area contributed by atoms with E-state index in [9.17, 15) is 9.90 Å². The normalized spacial score (nSPS) is 10.2. The number of nitrogens with zero attached hydrogens (tertiary/aromatic N) is 1. The minimum Gasteiger partial charge on any atom is -0.504 e. The monoisotopic (exact) mass is 309 g/mol. The average Bonchev–Trinajstić information content (AvgIpc) is 2.41. The van der Waals surface area contributed by atoms with Gasteiger partial charge in [-0.15, -0.1) is 0 Å². The van der Waals surface area contributed by atoms with Crippen molar-refractivity contribution >= 4 is 36.2 Å². The summed E-state index contributed by atoms with van der Waals surface area (Å²) in [5, 5.41) is 9.96. The van der Waals surface area contributed by atoms with Crippen LogP contribution in [0, 0.1) is 6.92 Å². The number of ether oxygens (including phenoxy) is 1. The molecule has 2 rings (SSSR count). The Balaban J connectivity index is 2.24. The van der Waals surface area contributed by atoms with Crippen LogP contribution in [-0.4, -0.2) is 11.2 Å². The van der Waals surface area contributed by atoms with E-state index in [1.54, 1.807) is 37.3 Å². The van der Waals surface area contributed by atoms with Gasteiger partial charge in [-0.3, -0.25) is 0 Å². The summed E-state index contributed by atoms with van der Waals surface area (Å²) in [7, 11) is 0. The summed E-state index contributed by atoms with van der Waals surface area (Å²) in [4.78, 5) is 12.0. The fourth-order valence-corrected chi connectivity index (χ4v) is 2.33. The standard InChI is InChI=1S/C14H12ClNO3S/c1-9-5-4-6-10(15)13(9)16(20)14(18)19-12-8-3-2-7-11(12)17/h2-8,17,20H,1H3. The molecule has 6 heteroatoms. The Labute approximate surface area is 127 Å². The molecule has 0 aromatic heterocycles. The number of halogens is 1. The van der Waals surface area contributed by atoms with Gasteiger partial charge in [0.15, 0.2) is 11.5 Å². The van der Waals surface area contributed by atoms with E-state index in [2.05, 4.69) is 12.8 Å². The number of anilines is 1. The molecule has 0 aliphatic heterocycles. The largest absolute Gasteiger partial charge is 0.504 e. The number of carbonyl (C=O) groups is 1. The molecule has 104 valence electrons. The predicted molar refractivity (Wildman–Crippen MR) is 81.8 cm³/mol. The molecule has 0 saturated heterocycles. The molecule has 4 nitrogen and oxygen atoms in total. The van der Waals surface area contributed by atoms with Crippen molar-refractivity contribution in [3.63, 3.8) is 0 Å². The molecule has 0 spiro atoms. The molecule has 0 atom stereocenters. The quantitative estimate of drug-likeness (QED) is 0.817. The highest BCUT2D eigenvalue weighted by atomic mass is 35.5. The molecular formula is C14H12ClNO3S. The molecule has 0 unspecified atom stereocenters.